The molecule has 1 aromatic carbocycles. The van der Waals surface area contributed by atoms with Crippen LogP contribution in [0.2, 0.25) is 0 Å². The molecule has 0 spiro atoms. The number of rotatable bonds is 4. The zero-order chi connectivity index (χ0) is 15.1. The molecule has 0 saturated heterocycles. The average molecular weight is 292 g/mol. The molecule has 1 aromatic rings. The summed E-state index contributed by atoms with van der Waals surface area (Å²) in [7, 11) is 1.43. The van der Waals surface area contributed by atoms with E-state index in [9.17, 15) is 4.79 Å². The van der Waals surface area contributed by atoms with Crippen molar-refractivity contribution in [1.82, 2.24) is 0 Å². The lowest BCUT2D eigenvalue weighted by Gasteiger charge is -2.08. The quantitative estimate of drug-likeness (QED) is 0.679. The van der Waals surface area contributed by atoms with Gasteiger partial charge in [0.05, 0.1) is 29.0 Å². The molecule has 0 fully saturated rings. The highest BCUT2D eigenvalue weighted by Gasteiger charge is 2.19. The first-order valence-electron chi connectivity index (χ1n) is 5.85. The average Bonchev–Trinajstić information content (AvgIpc) is 2.47. The second kappa shape index (κ2) is 7.31. The molecule has 0 atom stereocenters. The van der Waals surface area contributed by atoms with Gasteiger partial charge in [-0.1, -0.05) is 23.7 Å². The van der Waals surface area contributed by atoms with Crippen LogP contribution in [-0.4, -0.2) is 25.3 Å². The van der Waals surface area contributed by atoms with Gasteiger partial charge in [-0.05, 0) is 24.6 Å². The zero-order valence-electron chi connectivity index (χ0n) is 11.2. The third-order valence-electron chi connectivity index (χ3n) is 2.46. The van der Waals surface area contributed by atoms with Crippen molar-refractivity contribution >= 4 is 29.0 Å². The predicted octanol–water partition coefficient (Wildman–Crippen LogP) is 2.06. The van der Waals surface area contributed by atoms with E-state index in [1.165, 1.54) is 7.05 Å². The molecule has 0 bridgehead atoms. The van der Waals surface area contributed by atoms with Gasteiger partial charge in [-0.2, -0.15) is 5.26 Å². The molecular formula is C14H14ClN3O2. The third-order valence-corrected chi connectivity index (χ3v) is 2.84. The standard InChI is InChI=1S/C14H14ClN3O2/c1-3-20-14(19)13(18-2)11(15)12(17)10-6-4-9(8-16)5-7-10/h4-7H,3,17H2,1-2H3. The first kappa shape index (κ1) is 15.7. The van der Waals surface area contributed by atoms with Gasteiger partial charge in [0.15, 0.2) is 5.71 Å². The molecule has 1 rings (SSSR count). The maximum absolute atomic E-state index is 11.7. The lowest BCUT2D eigenvalue weighted by Crippen LogP contribution is -2.20. The summed E-state index contributed by atoms with van der Waals surface area (Å²) in [6, 6.07) is 8.52. The topological polar surface area (TPSA) is 88.5 Å². The first-order chi connectivity index (χ1) is 9.54. The van der Waals surface area contributed by atoms with Crippen LogP contribution in [0.15, 0.2) is 34.3 Å². The number of carbonyl (C=O) groups excluding carboxylic acids is 1. The number of benzene rings is 1. The molecule has 20 heavy (non-hydrogen) atoms. The van der Waals surface area contributed by atoms with Crippen molar-refractivity contribution in [3.63, 3.8) is 0 Å². The van der Waals surface area contributed by atoms with Crippen LogP contribution in [0, 0.1) is 11.3 Å². The number of halogens is 1. The van der Waals surface area contributed by atoms with Crippen molar-refractivity contribution in [3.05, 3.63) is 40.4 Å². The van der Waals surface area contributed by atoms with Gasteiger partial charge in [-0.25, -0.2) is 4.79 Å². The Balaban J connectivity index is 3.15. The van der Waals surface area contributed by atoms with Gasteiger partial charge in [0.25, 0.3) is 0 Å². The Morgan fingerprint density at radius 2 is 2.05 bits per heavy atom. The maximum Gasteiger partial charge on any atom is 0.358 e. The summed E-state index contributed by atoms with van der Waals surface area (Å²) in [6.07, 6.45) is 0. The Kier molecular flexibility index (Phi) is 5.75. The fraction of sp³-hybridized carbons (Fsp3) is 0.214. The molecule has 0 radical (unpaired) electrons. The van der Waals surface area contributed by atoms with Crippen LogP contribution in [0.5, 0.6) is 0 Å². The molecule has 2 N–H and O–H groups in total. The summed E-state index contributed by atoms with van der Waals surface area (Å²) in [4.78, 5) is 15.5. The molecule has 0 aliphatic heterocycles. The zero-order valence-corrected chi connectivity index (χ0v) is 11.9. The molecule has 0 aromatic heterocycles. The number of nitriles is 1. The van der Waals surface area contributed by atoms with Crippen molar-refractivity contribution in [2.45, 2.75) is 6.92 Å². The summed E-state index contributed by atoms with van der Waals surface area (Å²) < 4.78 is 4.85. The highest BCUT2D eigenvalue weighted by molar-refractivity contribution is 6.60. The van der Waals surface area contributed by atoms with E-state index in [4.69, 9.17) is 27.3 Å². The van der Waals surface area contributed by atoms with Crippen LogP contribution < -0.4 is 5.73 Å². The summed E-state index contributed by atoms with van der Waals surface area (Å²) in [5, 5.41) is 8.76. The lowest BCUT2D eigenvalue weighted by molar-refractivity contribution is -0.134. The van der Waals surface area contributed by atoms with Crippen molar-refractivity contribution in [2.24, 2.45) is 10.7 Å². The Labute approximate surface area is 122 Å². The third kappa shape index (κ3) is 3.59. The van der Waals surface area contributed by atoms with Gasteiger partial charge < -0.3 is 10.5 Å². The van der Waals surface area contributed by atoms with Crippen molar-refractivity contribution in [3.8, 4) is 6.07 Å². The largest absolute Gasteiger partial charge is 0.461 e. The number of nitrogens with zero attached hydrogens (tertiary/aromatic N) is 2. The molecule has 0 amide bonds. The minimum absolute atomic E-state index is 0.0238. The second-order valence-corrected chi connectivity index (χ2v) is 4.09. The van der Waals surface area contributed by atoms with Gasteiger partial charge in [0, 0.05) is 7.05 Å². The molecule has 0 saturated carbocycles. The van der Waals surface area contributed by atoms with Crippen LogP contribution in [0.1, 0.15) is 18.1 Å². The lowest BCUT2D eigenvalue weighted by atomic mass is 10.1. The van der Waals surface area contributed by atoms with E-state index >= 15 is 0 Å². The predicted molar refractivity (Wildman–Crippen MR) is 78.1 cm³/mol. The molecular weight excluding hydrogens is 278 g/mol. The Bertz CT molecular complexity index is 598. The fourth-order valence-corrected chi connectivity index (χ4v) is 1.73. The van der Waals surface area contributed by atoms with Crippen molar-refractivity contribution in [1.29, 1.82) is 5.26 Å². The van der Waals surface area contributed by atoms with Crippen molar-refractivity contribution in [2.75, 3.05) is 13.7 Å². The number of nitrogens with two attached hydrogens (primary N) is 1. The highest BCUT2D eigenvalue weighted by atomic mass is 35.5. The van der Waals surface area contributed by atoms with Gasteiger partial charge in [0.2, 0.25) is 0 Å². The van der Waals surface area contributed by atoms with E-state index in [2.05, 4.69) is 4.99 Å². The van der Waals surface area contributed by atoms with Crippen LogP contribution in [0.4, 0.5) is 0 Å². The second-order valence-electron chi connectivity index (χ2n) is 3.71. The van der Waals surface area contributed by atoms with Gasteiger partial charge in [-0.3, -0.25) is 4.99 Å². The van der Waals surface area contributed by atoms with Crippen LogP contribution >= 0.6 is 11.6 Å². The van der Waals surface area contributed by atoms with E-state index in [1.807, 2.05) is 6.07 Å². The van der Waals surface area contributed by atoms with Gasteiger partial charge in [-0.15, -0.1) is 0 Å². The minimum Gasteiger partial charge on any atom is -0.461 e. The van der Waals surface area contributed by atoms with Gasteiger partial charge >= 0.3 is 5.97 Å². The summed E-state index contributed by atoms with van der Waals surface area (Å²) in [5.74, 6) is -0.628. The van der Waals surface area contributed by atoms with Crippen LogP contribution in [0.3, 0.4) is 0 Å². The van der Waals surface area contributed by atoms with E-state index < -0.39 is 5.97 Å². The molecule has 0 heterocycles. The number of hydrogen-bond donors (Lipinski definition) is 1. The van der Waals surface area contributed by atoms with Gasteiger partial charge in [0.1, 0.15) is 0 Å². The smallest absolute Gasteiger partial charge is 0.358 e. The number of carbonyl (C=O) groups is 1. The Morgan fingerprint density at radius 1 is 1.45 bits per heavy atom. The molecule has 6 heteroatoms. The van der Waals surface area contributed by atoms with Crippen LogP contribution in [0.25, 0.3) is 5.70 Å². The molecule has 0 aliphatic carbocycles. The Morgan fingerprint density at radius 3 is 2.50 bits per heavy atom. The SMILES string of the molecule is CCOC(=O)C(=NC)C(Cl)=C(N)c1ccc(C#N)cc1. The molecule has 104 valence electrons. The first-order valence-corrected chi connectivity index (χ1v) is 6.23. The fourth-order valence-electron chi connectivity index (χ4n) is 1.46. The van der Waals surface area contributed by atoms with Crippen LogP contribution in [-0.2, 0) is 9.53 Å². The van der Waals surface area contributed by atoms with E-state index in [0.29, 0.717) is 11.1 Å². The Hall–Kier alpha value is -2.32. The monoisotopic (exact) mass is 291 g/mol. The van der Waals surface area contributed by atoms with E-state index in [-0.39, 0.29) is 23.0 Å². The summed E-state index contributed by atoms with van der Waals surface area (Å²) in [6.45, 7) is 1.91. The van der Waals surface area contributed by atoms with Crippen molar-refractivity contribution < 1.29 is 9.53 Å². The number of hydrogen-bond acceptors (Lipinski definition) is 5. The summed E-state index contributed by atoms with van der Waals surface area (Å²) in [5.41, 5.74) is 7.19. The highest BCUT2D eigenvalue weighted by Crippen LogP contribution is 2.19. The minimum atomic E-state index is -0.628. The molecule has 0 unspecified atom stereocenters. The number of aliphatic imine (C=N–C) groups is 1. The number of ether oxygens (including phenoxy) is 1. The number of esters is 1. The van der Waals surface area contributed by atoms with E-state index in [1.54, 1.807) is 31.2 Å². The van der Waals surface area contributed by atoms with E-state index in [0.717, 1.165) is 0 Å². The maximum atomic E-state index is 11.7. The molecule has 5 nitrogen and oxygen atoms in total. The summed E-state index contributed by atoms with van der Waals surface area (Å²) >= 11 is 6.09. The normalized spacial score (nSPS) is 12.4. The molecule has 0 aliphatic rings.